The lowest BCUT2D eigenvalue weighted by atomic mass is 10.1. The van der Waals surface area contributed by atoms with E-state index in [4.69, 9.17) is 0 Å². The molecule has 1 N–H and O–H groups in total. The summed E-state index contributed by atoms with van der Waals surface area (Å²) in [5.74, 6) is -0.728. The maximum absolute atomic E-state index is 13.8. The van der Waals surface area contributed by atoms with E-state index < -0.39 is 5.82 Å². The van der Waals surface area contributed by atoms with Crippen molar-refractivity contribution in [2.24, 2.45) is 0 Å². The van der Waals surface area contributed by atoms with E-state index in [0.29, 0.717) is 11.0 Å². The first-order valence-corrected chi connectivity index (χ1v) is 6.78. The molecule has 0 aliphatic carbocycles. The molecule has 5 heteroatoms. The Morgan fingerprint density at radius 3 is 2.89 bits per heavy atom. The van der Waals surface area contributed by atoms with E-state index in [1.807, 2.05) is 13.8 Å². The number of amides is 1. The van der Waals surface area contributed by atoms with Gasteiger partial charge in [-0.1, -0.05) is 6.07 Å². The average molecular weight is 315 g/mol. The number of piperazine rings is 1. The molecule has 2 atom stereocenters. The first-order valence-electron chi connectivity index (χ1n) is 5.99. The number of rotatable bonds is 1. The van der Waals surface area contributed by atoms with Gasteiger partial charge in [0.2, 0.25) is 0 Å². The van der Waals surface area contributed by atoms with Crippen LogP contribution >= 0.6 is 15.9 Å². The summed E-state index contributed by atoms with van der Waals surface area (Å²) in [6.07, 6.45) is 0. The van der Waals surface area contributed by atoms with Crippen LogP contribution in [0.5, 0.6) is 0 Å². The molecule has 3 nitrogen and oxygen atoms in total. The van der Waals surface area contributed by atoms with Crippen LogP contribution in [0.2, 0.25) is 0 Å². The average Bonchev–Trinajstić information content (AvgIpc) is 2.32. The van der Waals surface area contributed by atoms with Crippen LogP contribution in [0.3, 0.4) is 0 Å². The van der Waals surface area contributed by atoms with E-state index in [1.54, 1.807) is 17.0 Å². The van der Waals surface area contributed by atoms with Crippen LogP contribution in [0.1, 0.15) is 24.2 Å². The number of benzene rings is 1. The molecular weight excluding hydrogens is 299 g/mol. The fourth-order valence-corrected chi connectivity index (χ4v) is 2.66. The monoisotopic (exact) mass is 314 g/mol. The van der Waals surface area contributed by atoms with Crippen LogP contribution in [0.15, 0.2) is 22.7 Å². The minimum Gasteiger partial charge on any atom is -0.333 e. The largest absolute Gasteiger partial charge is 0.333 e. The van der Waals surface area contributed by atoms with E-state index in [2.05, 4.69) is 21.2 Å². The third kappa shape index (κ3) is 2.57. The fourth-order valence-electron chi connectivity index (χ4n) is 2.15. The Bertz CT molecular complexity index is 446. The minimum absolute atomic E-state index is 0.0696. The molecule has 0 bridgehead atoms. The zero-order chi connectivity index (χ0) is 13.3. The van der Waals surface area contributed by atoms with Crippen molar-refractivity contribution in [1.82, 2.24) is 10.2 Å². The van der Waals surface area contributed by atoms with Crippen LogP contribution in [0.4, 0.5) is 4.39 Å². The van der Waals surface area contributed by atoms with Gasteiger partial charge >= 0.3 is 0 Å². The van der Waals surface area contributed by atoms with Crippen LogP contribution in [0.25, 0.3) is 0 Å². The fraction of sp³-hybridized carbons (Fsp3) is 0.462. The topological polar surface area (TPSA) is 32.3 Å². The van der Waals surface area contributed by atoms with Crippen molar-refractivity contribution in [3.05, 3.63) is 34.1 Å². The van der Waals surface area contributed by atoms with Gasteiger partial charge in [-0.05, 0) is 41.9 Å². The van der Waals surface area contributed by atoms with E-state index in [9.17, 15) is 9.18 Å². The van der Waals surface area contributed by atoms with Gasteiger partial charge in [0.15, 0.2) is 0 Å². The highest BCUT2D eigenvalue weighted by Crippen LogP contribution is 2.23. The van der Waals surface area contributed by atoms with Crippen LogP contribution in [0, 0.1) is 5.82 Å². The van der Waals surface area contributed by atoms with Crippen molar-refractivity contribution in [2.45, 2.75) is 25.9 Å². The molecule has 1 aromatic rings. The predicted octanol–water partition coefficient (Wildman–Crippen LogP) is 2.41. The second-order valence-corrected chi connectivity index (χ2v) is 5.57. The highest BCUT2D eigenvalue weighted by Gasteiger charge is 2.29. The number of hydrogen-bond acceptors (Lipinski definition) is 2. The smallest absolute Gasteiger partial charge is 0.258 e. The van der Waals surface area contributed by atoms with Crippen LogP contribution in [-0.2, 0) is 0 Å². The highest BCUT2D eigenvalue weighted by atomic mass is 79.9. The Morgan fingerprint density at radius 1 is 1.50 bits per heavy atom. The third-order valence-electron chi connectivity index (χ3n) is 3.20. The van der Waals surface area contributed by atoms with Crippen molar-refractivity contribution in [3.63, 3.8) is 0 Å². The molecule has 2 unspecified atom stereocenters. The molecule has 1 aliphatic rings. The highest BCUT2D eigenvalue weighted by molar-refractivity contribution is 9.10. The normalized spacial score (nSPS) is 24.1. The lowest BCUT2D eigenvalue weighted by Crippen LogP contribution is -2.56. The van der Waals surface area contributed by atoms with Gasteiger partial charge < -0.3 is 10.2 Å². The lowest BCUT2D eigenvalue weighted by molar-refractivity contribution is 0.0610. The Balaban J connectivity index is 2.30. The van der Waals surface area contributed by atoms with Gasteiger partial charge in [-0.25, -0.2) is 4.39 Å². The van der Waals surface area contributed by atoms with Crippen molar-refractivity contribution in [1.29, 1.82) is 0 Å². The number of carbonyl (C=O) groups excluding carboxylic acids is 1. The summed E-state index contributed by atoms with van der Waals surface area (Å²) >= 11 is 3.25. The van der Waals surface area contributed by atoms with Gasteiger partial charge in [-0.3, -0.25) is 4.79 Å². The van der Waals surface area contributed by atoms with E-state index in [1.165, 1.54) is 6.07 Å². The Morgan fingerprint density at radius 2 is 2.22 bits per heavy atom. The number of carbonyl (C=O) groups is 1. The molecular formula is C13H16BrFN2O. The molecule has 1 aromatic carbocycles. The summed E-state index contributed by atoms with van der Waals surface area (Å²) in [4.78, 5) is 14.2. The predicted molar refractivity (Wildman–Crippen MR) is 72.1 cm³/mol. The van der Waals surface area contributed by atoms with Gasteiger partial charge in [-0.15, -0.1) is 0 Å². The van der Waals surface area contributed by atoms with Gasteiger partial charge in [0.25, 0.3) is 5.91 Å². The van der Waals surface area contributed by atoms with Gasteiger partial charge in [0.1, 0.15) is 5.82 Å². The molecule has 2 rings (SSSR count). The maximum atomic E-state index is 13.8. The summed E-state index contributed by atoms with van der Waals surface area (Å²) in [6.45, 7) is 5.31. The molecule has 98 valence electrons. The SMILES string of the molecule is CC1CN(C(=O)c2c(F)cccc2Br)C(C)CN1. The Hall–Kier alpha value is -0.940. The molecule has 0 radical (unpaired) electrons. The molecule has 1 heterocycles. The Labute approximate surface area is 114 Å². The van der Waals surface area contributed by atoms with E-state index in [-0.39, 0.29) is 23.6 Å². The summed E-state index contributed by atoms with van der Waals surface area (Å²) in [5, 5.41) is 3.30. The lowest BCUT2D eigenvalue weighted by Gasteiger charge is -2.37. The maximum Gasteiger partial charge on any atom is 0.258 e. The van der Waals surface area contributed by atoms with Crippen LogP contribution < -0.4 is 5.32 Å². The minimum atomic E-state index is -0.479. The second-order valence-electron chi connectivity index (χ2n) is 4.71. The summed E-state index contributed by atoms with van der Waals surface area (Å²) in [5.41, 5.74) is 0.124. The van der Waals surface area contributed by atoms with Gasteiger partial charge in [-0.2, -0.15) is 0 Å². The molecule has 0 saturated carbocycles. The van der Waals surface area contributed by atoms with Gasteiger partial charge in [0.05, 0.1) is 5.56 Å². The zero-order valence-electron chi connectivity index (χ0n) is 10.4. The first kappa shape index (κ1) is 13.5. The zero-order valence-corrected chi connectivity index (χ0v) is 12.0. The van der Waals surface area contributed by atoms with Crippen molar-refractivity contribution >= 4 is 21.8 Å². The van der Waals surface area contributed by atoms with Crippen molar-refractivity contribution < 1.29 is 9.18 Å². The second kappa shape index (κ2) is 5.36. The van der Waals surface area contributed by atoms with E-state index >= 15 is 0 Å². The summed E-state index contributed by atoms with van der Waals surface area (Å²) in [6, 6.07) is 4.89. The first-order chi connectivity index (χ1) is 8.50. The quantitative estimate of drug-likeness (QED) is 0.863. The molecule has 0 spiro atoms. The number of nitrogens with zero attached hydrogens (tertiary/aromatic N) is 1. The standard InChI is InChI=1S/C13H16BrFN2O/c1-8-7-17(9(2)6-16-8)13(18)12-10(14)4-3-5-11(12)15/h3-5,8-9,16H,6-7H2,1-2H3. The summed E-state index contributed by atoms with van der Waals surface area (Å²) < 4.78 is 14.3. The molecule has 18 heavy (non-hydrogen) atoms. The number of hydrogen-bond donors (Lipinski definition) is 1. The van der Waals surface area contributed by atoms with E-state index in [0.717, 1.165) is 6.54 Å². The molecule has 1 saturated heterocycles. The third-order valence-corrected chi connectivity index (χ3v) is 3.86. The number of halogens is 2. The molecule has 1 amide bonds. The van der Waals surface area contributed by atoms with Crippen molar-refractivity contribution in [3.8, 4) is 0 Å². The number of nitrogens with one attached hydrogen (secondary N) is 1. The van der Waals surface area contributed by atoms with Crippen molar-refractivity contribution in [2.75, 3.05) is 13.1 Å². The molecule has 1 fully saturated rings. The van der Waals surface area contributed by atoms with Crippen LogP contribution in [-0.4, -0.2) is 36.0 Å². The molecule has 1 aliphatic heterocycles. The summed E-state index contributed by atoms with van der Waals surface area (Å²) in [7, 11) is 0. The molecule has 0 aromatic heterocycles. The Kier molecular flexibility index (Phi) is 4.02. The van der Waals surface area contributed by atoms with Gasteiger partial charge in [0, 0.05) is 29.6 Å².